The van der Waals surface area contributed by atoms with Gasteiger partial charge in [-0.1, -0.05) is 5.16 Å². The first kappa shape index (κ1) is 14.6. The lowest BCUT2D eigenvalue weighted by Crippen LogP contribution is -2.30. The number of hydrazine groups is 1. The van der Waals surface area contributed by atoms with Crippen LogP contribution in [0.5, 0.6) is 0 Å². The van der Waals surface area contributed by atoms with E-state index in [1.165, 1.54) is 12.8 Å². The van der Waals surface area contributed by atoms with Crippen LogP contribution in [0.3, 0.4) is 0 Å². The Morgan fingerprint density at radius 2 is 2.00 bits per heavy atom. The van der Waals surface area contributed by atoms with Crippen molar-refractivity contribution in [1.82, 2.24) is 26.0 Å². The second-order valence-electron chi connectivity index (χ2n) is 6.57. The highest BCUT2D eigenvalue weighted by Gasteiger charge is 2.30. The molecule has 1 saturated heterocycles. The predicted octanol–water partition coefficient (Wildman–Crippen LogP) is 1.92. The van der Waals surface area contributed by atoms with Crippen LogP contribution in [0, 0.1) is 5.92 Å². The standard InChI is InChI=1S/C16H22N6O/c1-9-13(10(2)21-20-9)8-18-14-6-5-12(7-17-14)16-19-15(22-23-16)11-3-4-11/h5-7,9-11,13,20-21H,3-4,8H2,1-2H3,(H,17,18). The highest BCUT2D eigenvalue weighted by molar-refractivity contribution is 5.54. The molecule has 0 bridgehead atoms. The zero-order valence-electron chi connectivity index (χ0n) is 13.4. The van der Waals surface area contributed by atoms with E-state index in [1.54, 1.807) is 6.20 Å². The van der Waals surface area contributed by atoms with Crippen molar-refractivity contribution in [3.05, 3.63) is 24.2 Å². The summed E-state index contributed by atoms with van der Waals surface area (Å²) in [6.07, 6.45) is 4.12. The van der Waals surface area contributed by atoms with E-state index in [0.29, 0.717) is 29.8 Å². The molecule has 2 aliphatic rings. The van der Waals surface area contributed by atoms with E-state index >= 15 is 0 Å². The first-order chi connectivity index (χ1) is 11.2. The molecule has 7 heteroatoms. The smallest absolute Gasteiger partial charge is 0.259 e. The highest BCUT2D eigenvalue weighted by Crippen LogP contribution is 2.38. The fourth-order valence-corrected chi connectivity index (χ4v) is 2.97. The minimum Gasteiger partial charge on any atom is -0.370 e. The van der Waals surface area contributed by atoms with E-state index in [9.17, 15) is 0 Å². The van der Waals surface area contributed by atoms with Gasteiger partial charge in [0.05, 0.1) is 5.56 Å². The molecule has 2 aromatic rings. The van der Waals surface area contributed by atoms with E-state index < -0.39 is 0 Å². The van der Waals surface area contributed by atoms with Crippen LogP contribution in [-0.2, 0) is 0 Å². The molecule has 1 aliphatic carbocycles. The Kier molecular flexibility index (Phi) is 3.74. The SMILES string of the molecule is CC1NNC(C)C1CNc1ccc(-c2nc(C3CC3)no2)cn1. The maximum atomic E-state index is 5.32. The summed E-state index contributed by atoms with van der Waals surface area (Å²) in [4.78, 5) is 8.90. The van der Waals surface area contributed by atoms with Crippen LogP contribution in [0.1, 0.15) is 38.4 Å². The summed E-state index contributed by atoms with van der Waals surface area (Å²) in [5.74, 6) is 3.26. The van der Waals surface area contributed by atoms with Gasteiger partial charge >= 0.3 is 0 Å². The number of anilines is 1. The summed E-state index contributed by atoms with van der Waals surface area (Å²) in [5.41, 5.74) is 7.39. The third kappa shape index (κ3) is 3.07. The van der Waals surface area contributed by atoms with Gasteiger partial charge in [0.25, 0.3) is 5.89 Å². The van der Waals surface area contributed by atoms with E-state index in [1.807, 2.05) is 12.1 Å². The van der Waals surface area contributed by atoms with Crippen LogP contribution in [-0.4, -0.2) is 33.8 Å². The average Bonchev–Trinajstić information content (AvgIpc) is 3.21. The predicted molar refractivity (Wildman–Crippen MR) is 86.7 cm³/mol. The van der Waals surface area contributed by atoms with Gasteiger partial charge in [-0.2, -0.15) is 4.98 Å². The molecule has 2 fully saturated rings. The first-order valence-electron chi connectivity index (χ1n) is 8.25. The second kappa shape index (κ2) is 5.90. The van der Waals surface area contributed by atoms with Crippen molar-refractivity contribution < 1.29 is 4.52 Å². The molecule has 0 spiro atoms. The second-order valence-corrected chi connectivity index (χ2v) is 6.57. The summed E-state index contributed by atoms with van der Waals surface area (Å²) < 4.78 is 5.32. The van der Waals surface area contributed by atoms with Crippen LogP contribution in [0.25, 0.3) is 11.5 Å². The third-order valence-electron chi connectivity index (χ3n) is 4.74. The molecule has 2 aromatic heterocycles. The maximum Gasteiger partial charge on any atom is 0.259 e. The normalized spacial score (nSPS) is 27.3. The largest absolute Gasteiger partial charge is 0.370 e. The minimum absolute atomic E-state index is 0.441. The molecular weight excluding hydrogens is 292 g/mol. The van der Waals surface area contributed by atoms with Crippen molar-refractivity contribution in [2.75, 3.05) is 11.9 Å². The summed E-state index contributed by atoms with van der Waals surface area (Å²) in [6, 6.07) is 4.81. The quantitative estimate of drug-likeness (QED) is 0.777. The van der Waals surface area contributed by atoms with Gasteiger partial charge in [0.1, 0.15) is 5.82 Å². The Morgan fingerprint density at radius 1 is 1.22 bits per heavy atom. The fraction of sp³-hybridized carbons (Fsp3) is 0.562. The molecule has 2 unspecified atom stereocenters. The highest BCUT2D eigenvalue weighted by atomic mass is 16.5. The summed E-state index contributed by atoms with van der Waals surface area (Å²) >= 11 is 0. The lowest BCUT2D eigenvalue weighted by atomic mass is 9.97. The molecule has 122 valence electrons. The van der Waals surface area contributed by atoms with Crippen molar-refractivity contribution in [2.45, 2.75) is 44.7 Å². The molecule has 0 aromatic carbocycles. The van der Waals surface area contributed by atoms with Gasteiger partial charge in [-0.3, -0.25) is 10.9 Å². The molecule has 3 N–H and O–H groups in total. The Morgan fingerprint density at radius 3 is 2.65 bits per heavy atom. The van der Waals surface area contributed by atoms with Gasteiger partial charge in [-0.15, -0.1) is 0 Å². The molecule has 7 nitrogen and oxygen atoms in total. The monoisotopic (exact) mass is 314 g/mol. The number of aromatic nitrogens is 3. The van der Waals surface area contributed by atoms with Gasteiger partial charge in [0, 0.05) is 36.7 Å². The van der Waals surface area contributed by atoms with E-state index in [2.05, 4.69) is 45.1 Å². The van der Waals surface area contributed by atoms with Crippen LogP contribution in [0.2, 0.25) is 0 Å². The Labute approximate surface area is 135 Å². The van der Waals surface area contributed by atoms with Gasteiger partial charge < -0.3 is 9.84 Å². The lowest BCUT2D eigenvalue weighted by Gasteiger charge is -2.18. The number of rotatable bonds is 5. The van der Waals surface area contributed by atoms with Gasteiger partial charge in [0.2, 0.25) is 0 Å². The Hall–Kier alpha value is -1.99. The van der Waals surface area contributed by atoms with Crippen LogP contribution in [0.4, 0.5) is 5.82 Å². The zero-order chi connectivity index (χ0) is 15.8. The van der Waals surface area contributed by atoms with Gasteiger partial charge in [0.15, 0.2) is 5.82 Å². The van der Waals surface area contributed by atoms with E-state index in [4.69, 9.17) is 4.52 Å². The molecular formula is C16H22N6O. The van der Waals surface area contributed by atoms with E-state index in [-0.39, 0.29) is 0 Å². The molecule has 0 amide bonds. The van der Waals surface area contributed by atoms with Crippen LogP contribution < -0.4 is 16.2 Å². The summed E-state index contributed by atoms with van der Waals surface area (Å²) in [6.45, 7) is 5.25. The minimum atomic E-state index is 0.441. The molecule has 1 aliphatic heterocycles. The number of hydrogen-bond acceptors (Lipinski definition) is 7. The van der Waals surface area contributed by atoms with Crippen LogP contribution >= 0.6 is 0 Å². The maximum absolute atomic E-state index is 5.32. The Balaban J connectivity index is 1.39. The van der Waals surface area contributed by atoms with Crippen molar-refractivity contribution in [2.24, 2.45) is 5.92 Å². The van der Waals surface area contributed by atoms with Gasteiger partial charge in [-0.05, 0) is 38.8 Å². The molecule has 2 atom stereocenters. The number of hydrogen-bond donors (Lipinski definition) is 3. The molecule has 23 heavy (non-hydrogen) atoms. The van der Waals surface area contributed by atoms with Crippen molar-refractivity contribution in [3.8, 4) is 11.5 Å². The van der Waals surface area contributed by atoms with Crippen molar-refractivity contribution in [3.63, 3.8) is 0 Å². The number of nitrogens with one attached hydrogen (secondary N) is 3. The van der Waals surface area contributed by atoms with Crippen LogP contribution in [0.15, 0.2) is 22.9 Å². The van der Waals surface area contributed by atoms with Crippen molar-refractivity contribution >= 4 is 5.82 Å². The zero-order valence-corrected chi connectivity index (χ0v) is 13.4. The number of nitrogens with zero attached hydrogens (tertiary/aromatic N) is 3. The molecule has 1 saturated carbocycles. The fourth-order valence-electron chi connectivity index (χ4n) is 2.97. The molecule has 3 heterocycles. The van der Waals surface area contributed by atoms with Crippen molar-refractivity contribution in [1.29, 1.82) is 0 Å². The first-order valence-corrected chi connectivity index (χ1v) is 8.25. The average molecular weight is 314 g/mol. The lowest BCUT2D eigenvalue weighted by molar-refractivity contribution is 0.422. The van der Waals surface area contributed by atoms with E-state index in [0.717, 1.165) is 23.8 Å². The Bertz CT molecular complexity index is 655. The molecule has 0 radical (unpaired) electrons. The summed E-state index contributed by atoms with van der Waals surface area (Å²) in [5, 5.41) is 7.44. The van der Waals surface area contributed by atoms with Gasteiger partial charge in [-0.25, -0.2) is 4.98 Å². The summed E-state index contributed by atoms with van der Waals surface area (Å²) in [7, 11) is 0. The third-order valence-corrected chi connectivity index (χ3v) is 4.74. The number of pyridine rings is 1. The molecule has 4 rings (SSSR count). The topological polar surface area (TPSA) is 87.9 Å².